The molecule has 1 aliphatic rings. The van der Waals surface area contributed by atoms with Crippen LogP contribution in [0.4, 0.5) is 5.69 Å². The number of hydrogen-bond donors (Lipinski definition) is 0. The summed E-state index contributed by atoms with van der Waals surface area (Å²) in [5.41, 5.74) is 3.79. The quantitative estimate of drug-likeness (QED) is 0.104. The monoisotopic (exact) mass is 674 g/mol. The summed E-state index contributed by atoms with van der Waals surface area (Å²) < 4.78 is 0. The van der Waals surface area contributed by atoms with Crippen molar-refractivity contribution in [2.45, 2.75) is 13.8 Å². The van der Waals surface area contributed by atoms with E-state index >= 15 is 0 Å². The van der Waals surface area contributed by atoms with Crippen molar-refractivity contribution in [3.8, 4) is 0 Å². The van der Waals surface area contributed by atoms with Gasteiger partial charge in [0.25, 0.3) is 0 Å². The van der Waals surface area contributed by atoms with Gasteiger partial charge in [0.05, 0.1) is 7.92 Å². The van der Waals surface area contributed by atoms with Crippen LogP contribution in [0.3, 0.4) is 0 Å². The molecule has 0 bridgehead atoms. The number of carbonyl (C=O) groups excluding carboxylic acids is 2. The maximum atomic E-state index is 12.5. The number of benzene rings is 6. The van der Waals surface area contributed by atoms with Crippen LogP contribution in [0, 0.1) is 19.9 Å². The van der Waals surface area contributed by atoms with Crippen LogP contribution in [0.5, 0.6) is 0 Å². The van der Waals surface area contributed by atoms with Crippen LogP contribution >= 0.6 is 7.92 Å². The first-order valence-corrected chi connectivity index (χ1v) is 16.6. The van der Waals surface area contributed by atoms with Crippen LogP contribution in [-0.2, 0) is 16.5 Å². The van der Waals surface area contributed by atoms with E-state index in [-0.39, 0.29) is 33.8 Å². The van der Waals surface area contributed by atoms with Crippen LogP contribution in [-0.4, -0.2) is 11.6 Å². The second-order valence-corrected chi connectivity index (χ2v) is 13.2. The second kappa shape index (κ2) is 17.7. The van der Waals surface area contributed by atoms with Gasteiger partial charge < -0.3 is 5.32 Å². The molecule has 0 amide bonds. The van der Waals surface area contributed by atoms with E-state index in [2.05, 4.69) is 102 Å². The minimum Gasteiger partial charge on any atom is -0.654 e. The molecule has 0 saturated carbocycles. The molecule has 7 rings (SSSR count). The molecule has 5 heteroatoms. The van der Waals surface area contributed by atoms with Crippen molar-refractivity contribution >= 4 is 41.1 Å². The predicted octanol–water partition coefficient (Wildman–Crippen LogP) is 8.93. The molecular weight excluding hydrogens is 640 g/mol. The molecule has 0 aromatic heterocycles. The van der Waals surface area contributed by atoms with E-state index in [1.54, 1.807) is 24.3 Å². The number of nitrogens with zero attached hydrogens (tertiary/aromatic N) is 1. The van der Waals surface area contributed by atoms with Gasteiger partial charge in [-0.3, -0.25) is 9.59 Å². The van der Waals surface area contributed by atoms with Gasteiger partial charge in [-0.2, -0.15) is 36.4 Å². The van der Waals surface area contributed by atoms with Gasteiger partial charge in [0.2, 0.25) is 0 Å². The molecule has 0 radical (unpaired) electrons. The van der Waals surface area contributed by atoms with Crippen molar-refractivity contribution in [2.75, 3.05) is 0 Å². The van der Waals surface area contributed by atoms with Gasteiger partial charge in [0.15, 0.2) is 11.6 Å². The minimum absolute atomic E-state index is 0. The average molecular weight is 675 g/mol. The zero-order valence-corrected chi connectivity index (χ0v) is 28.2. The Labute approximate surface area is 289 Å². The first-order valence-electron chi connectivity index (χ1n) is 15.1. The van der Waals surface area contributed by atoms with Crippen molar-refractivity contribution < 1.29 is 26.1 Å². The number of ketones is 2. The average Bonchev–Trinajstić information content (AvgIpc) is 3.11. The van der Waals surface area contributed by atoms with Crippen LogP contribution in [0.1, 0.15) is 31.8 Å². The zero-order chi connectivity index (χ0) is 32.1. The fourth-order valence-corrected chi connectivity index (χ4v) is 7.72. The summed E-state index contributed by atoms with van der Waals surface area (Å²) in [6, 6.07) is 57.7. The largest absolute Gasteiger partial charge is 2.00 e. The first-order chi connectivity index (χ1) is 22.5. The van der Waals surface area contributed by atoms with Crippen LogP contribution < -0.4 is 15.9 Å². The summed E-state index contributed by atoms with van der Waals surface area (Å²) >= 11 is 0. The van der Waals surface area contributed by atoms with Gasteiger partial charge in [0, 0.05) is 11.1 Å². The molecule has 0 aliphatic heterocycles. The maximum absolute atomic E-state index is 12.5. The van der Waals surface area contributed by atoms with Gasteiger partial charge >= 0.3 is 16.5 Å². The second-order valence-electron chi connectivity index (χ2n) is 10.7. The van der Waals surface area contributed by atoms with Crippen molar-refractivity contribution in [1.29, 1.82) is 0 Å². The SMILES string of the molecule is Cc1cccc(C)c1[N-]C1=CC(=O)c2ccccc2C1=O.[Ni+2].[c-]1ccccc1.c1ccc([PH+](c2ccccc2)c2ccccc2)cc1. The normalized spacial score (nSPS) is 11.4. The molecule has 0 spiro atoms. The summed E-state index contributed by atoms with van der Waals surface area (Å²) in [4.78, 5) is 24.6. The molecule has 3 nitrogen and oxygen atoms in total. The maximum Gasteiger partial charge on any atom is 2.00 e. The Balaban J connectivity index is 0.000000178. The molecule has 6 aromatic carbocycles. The van der Waals surface area contributed by atoms with E-state index in [4.69, 9.17) is 0 Å². The Morgan fingerprint density at radius 1 is 0.511 bits per heavy atom. The minimum atomic E-state index is -0.877. The number of hydrogen-bond acceptors (Lipinski definition) is 2. The standard InChI is InChI=1S/C18H15NO2.C18H15P.C6H5.Ni/c1-11-6-5-7-12(2)17(11)19-15-10-16(20)13-8-3-4-9-14(13)18(15)21;1-4-10-16(11-5-1)19(17-12-6-2-7-13-17)18-14-8-3-9-15-18;1-2-4-6-5-3-1;/h3-10H,1-2H3,(H,19,20);1-15H;1-5H;/q;;-1;+2. The van der Waals surface area contributed by atoms with Gasteiger partial charge in [-0.1, -0.05) is 114 Å². The molecule has 1 aliphatic carbocycles. The molecule has 0 atom stereocenters. The molecule has 0 fully saturated rings. The Morgan fingerprint density at radius 2 is 0.936 bits per heavy atom. The number of Topliss-reactive ketones (excluding diaryl/α,β-unsaturated/α-hetero) is 1. The van der Waals surface area contributed by atoms with Gasteiger partial charge in [0.1, 0.15) is 15.9 Å². The van der Waals surface area contributed by atoms with E-state index in [0.29, 0.717) is 11.1 Å². The first kappa shape index (κ1) is 35.0. The van der Waals surface area contributed by atoms with Crippen molar-refractivity contribution in [3.63, 3.8) is 0 Å². The predicted molar refractivity (Wildman–Crippen MR) is 194 cm³/mol. The topological polar surface area (TPSA) is 48.2 Å². The Kier molecular flexibility index (Phi) is 13.2. The third-order valence-corrected chi connectivity index (χ3v) is 10.1. The van der Waals surface area contributed by atoms with Crippen molar-refractivity contribution in [2.24, 2.45) is 0 Å². The molecule has 0 unspecified atom stereocenters. The van der Waals surface area contributed by atoms with E-state index in [1.807, 2.05) is 62.4 Å². The smallest absolute Gasteiger partial charge is 0.654 e. The van der Waals surface area contributed by atoms with Gasteiger partial charge in [-0.25, -0.2) is 0 Å². The summed E-state index contributed by atoms with van der Waals surface area (Å²) in [5.74, 6) is -0.372. The Bertz CT molecular complexity index is 1770. The summed E-state index contributed by atoms with van der Waals surface area (Å²) in [6.45, 7) is 3.88. The van der Waals surface area contributed by atoms with E-state index in [9.17, 15) is 9.59 Å². The molecule has 0 saturated heterocycles. The van der Waals surface area contributed by atoms with Crippen molar-refractivity contribution in [1.82, 2.24) is 0 Å². The Hall–Kier alpha value is -4.88. The molecular formula is C42H35NNiO2P+. The number of carbonyl (C=O) groups is 2. The summed E-state index contributed by atoms with van der Waals surface area (Å²) in [7, 11) is -0.877. The fourth-order valence-electron chi connectivity index (χ4n) is 5.14. The number of aryl methyl sites for hydroxylation is 2. The third kappa shape index (κ3) is 9.33. The van der Waals surface area contributed by atoms with E-state index in [0.717, 1.165) is 16.8 Å². The number of para-hydroxylation sites is 1. The van der Waals surface area contributed by atoms with Crippen LogP contribution in [0.15, 0.2) is 176 Å². The Morgan fingerprint density at radius 3 is 1.36 bits per heavy atom. The van der Waals surface area contributed by atoms with Crippen molar-refractivity contribution in [3.05, 3.63) is 209 Å². The molecule has 0 heterocycles. The third-order valence-electron chi connectivity index (χ3n) is 7.40. The van der Waals surface area contributed by atoms with E-state index in [1.165, 1.54) is 22.0 Å². The van der Waals surface area contributed by atoms with Crippen LogP contribution in [0.2, 0.25) is 0 Å². The van der Waals surface area contributed by atoms with Gasteiger partial charge in [-0.15, -0.1) is 5.69 Å². The molecule has 0 N–H and O–H groups in total. The van der Waals surface area contributed by atoms with Gasteiger partial charge in [-0.05, 0) is 56.3 Å². The van der Waals surface area contributed by atoms with Crippen LogP contribution in [0.25, 0.3) is 5.32 Å². The zero-order valence-electron chi connectivity index (χ0n) is 26.2. The number of rotatable bonds is 5. The molecule has 6 aromatic rings. The summed E-state index contributed by atoms with van der Waals surface area (Å²) in [6.07, 6.45) is 1.33. The molecule has 47 heavy (non-hydrogen) atoms. The number of allylic oxidation sites excluding steroid dienone is 2. The number of fused-ring (bicyclic) bond motifs is 1. The summed E-state index contributed by atoms with van der Waals surface area (Å²) in [5, 5.41) is 8.74. The van der Waals surface area contributed by atoms with E-state index < -0.39 is 7.92 Å². The fraction of sp³-hybridized carbons (Fsp3) is 0.0476. The molecule has 234 valence electrons.